The van der Waals surface area contributed by atoms with E-state index in [2.05, 4.69) is 31.0 Å². The van der Waals surface area contributed by atoms with Gasteiger partial charge in [0.1, 0.15) is 5.75 Å². The van der Waals surface area contributed by atoms with Crippen LogP contribution in [0.15, 0.2) is 58.4 Å². The lowest BCUT2D eigenvalue weighted by Gasteiger charge is -2.05. The van der Waals surface area contributed by atoms with E-state index in [9.17, 15) is 0 Å². The third-order valence-electron chi connectivity index (χ3n) is 2.95. The maximum Gasteiger partial charge on any atom is 0.221 e. The summed E-state index contributed by atoms with van der Waals surface area (Å²) in [6.45, 7) is 1.86. The molecule has 116 valence electrons. The fourth-order valence-corrected chi connectivity index (χ4v) is 2.16. The van der Waals surface area contributed by atoms with Crippen molar-refractivity contribution in [3.63, 3.8) is 0 Å². The fraction of sp³-hybridized carbons (Fsp3) is 0.0625. The molecule has 23 heavy (non-hydrogen) atoms. The van der Waals surface area contributed by atoms with E-state index < -0.39 is 0 Å². The molecule has 0 radical (unpaired) electrons. The molecule has 0 saturated carbocycles. The van der Waals surface area contributed by atoms with Crippen LogP contribution in [0.5, 0.6) is 11.6 Å². The van der Waals surface area contributed by atoms with Crippen LogP contribution in [0, 0.1) is 6.92 Å². The summed E-state index contributed by atoms with van der Waals surface area (Å²) in [4.78, 5) is 8.27. The molecule has 3 aromatic rings. The molecule has 0 saturated heterocycles. The van der Waals surface area contributed by atoms with Crippen LogP contribution in [0.3, 0.4) is 0 Å². The lowest BCUT2D eigenvalue weighted by Crippen LogP contribution is -1.97. The number of hydrogen-bond acceptors (Lipinski definition) is 5. The highest BCUT2D eigenvalue weighted by Gasteiger charge is 2.01. The zero-order valence-corrected chi connectivity index (χ0v) is 13.9. The first-order chi connectivity index (χ1) is 11.1. The molecule has 3 rings (SSSR count). The third-order valence-corrected chi connectivity index (χ3v) is 3.42. The number of nitrogens with two attached hydrogens (primary N) is 1. The quantitative estimate of drug-likeness (QED) is 0.710. The molecule has 0 aliphatic rings. The van der Waals surface area contributed by atoms with Crippen LogP contribution < -0.4 is 10.5 Å². The van der Waals surface area contributed by atoms with Gasteiger partial charge in [-0.15, -0.1) is 0 Å². The summed E-state index contributed by atoms with van der Waals surface area (Å²) in [6.07, 6.45) is 5.14. The lowest BCUT2D eigenvalue weighted by molar-refractivity contribution is 0.462. The molecule has 2 heterocycles. The van der Waals surface area contributed by atoms with Gasteiger partial charge in [-0.1, -0.05) is 12.1 Å². The van der Waals surface area contributed by atoms with E-state index in [0.717, 1.165) is 15.7 Å². The van der Waals surface area contributed by atoms with Crippen molar-refractivity contribution in [1.29, 1.82) is 0 Å². The number of aryl methyl sites for hydroxylation is 1. The van der Waals surface area contributed by atoms with Crippen molar-refractivity contribution in [3.05, 3.63) is 64.5 Å². The minimum Gasteiger partial charge on any atom is -0.439 e. The maximum absolute atomic E-state index is 5.75. The van der Waals surface area contributed by atoms with E-state index in [1.165, 1.54) is 4.68 Å². The molecular formula is C16H14BrN5O. The minimum absolute atomic E-state index is 0.352. The van der Waals surface area contributed by atoms with Gasteiger partial charge in [-0.3, -0.25) is 0 Å². The molecule has 0 unspecified atom stereocenters. The Bertz CT molecular complexity index is 842. The molecule has 0 atom stereocenters. The van der Waals surface area contributed by atoms with Crippen molar-refractivity contribution < 1.29 is 4.74 Å². The van der Waals surface area contributed by atoms with Crippen LogP contribution in [-0.4, -0.2) is 20.9 Å². The van der Waals surface area contributed by atoms with Gasteiger partial charge in [-0.25, -0.2) is 14.6 Å². The molecule has 1 aromatic carbocycles. The predicted octanol–water partition coefficient (Wildman–Crippen LogP) is 3.61. The van der Waals surface area contributed by atoms with E-state index in [1.807, 2.05) is 37.3 Å². The van der Waals surface area contributed by atoms with Crippen LogP contribution in [0.1, 0.15) is 11.3 Å². The van der Waals surface area contributed by atoms with Crippen LogP contribution in [-0.2, 0) is 0 Å². The first-order valence-corrected chi connectivity index (χ1v) is 7.65. The molecule has 0 fully saturated rings. The van der Waals surface area contributed by atoms with Gasteiger partial charge >= 0.3 is 0 Å². The van der Waals surface area contributed by atoms with Crippen molar-refractivity contribution in [2.75, 3.05) is 5.73 Å². The Balaban J connectivity index is 1.77. The van der Waals surface area contributed by atoms with Crippen molar-refractivity contribution in [2.45, 2.75) is 6.92 Å². The van der Waals surface area contributed by atoms with Gasteiger partial charge in [0.05, 0.1) is 18.1 Å². The number of halogens is 1. The van der Waals surface area contributed by atoms with Gasteiger partial charge in [-0.05, 0) is 46.6 Å². The summed E-state index contributed by atoms with van der Waals surface area (Å²) in [5, 5.41) is 4.28. The maximum atomic E-state index is 5.75. The average molecular weight is 372 g/mol. The van der Waals surface area contributed by atoms with Crippen LogP contribution in [0.2, 0.25) is 0 Å². The third kappa shape index (κ3) is 3.95. The lowest BCUT2D eigenvalue weighted by atomic mass is 10.2. The molecular weight excluding hydrogens is 358 g/mol. The zero-order chi connectivity index (χ0) is 16.2. The second kappa shape index (κ2) is 6.62. The molecule has 0 amide bonds. The molecule has 2 N–H and O–H groups in total. The van der Waals surface area contributed by atoms with Gasteiger partial charge in [-0.2, -0.15) is 5.10 Å². The van der Waals surface area contributed by atoms with Crippen molar-refractivity contribution >= 4 is 28.1 Å². The number of ether oxygens (including phenoxy) is 1. The van der Waals surface area contributed by atoms with Gasteiger partial charge in [0, 0.05) is 16.7 Å². The average Bonchev–Trinajstić information content (AvgIpc) is 2.86. The largest absolute Gasteiger partial charge is 0.439 e. The van der Waals surface area contributed by atoms with Crippen molar-refractivity contribution in [2.24, 2.45) is 5.10 Å². The van der Waals surface area contributed by atoms with Gasteiger partial charge in [0.2, 0.25) is 11.8 Å². The smallest absolute Gasteiger partial charge is 0.221 e. The highest BCUT2D eigenvalue weighted by molar-refractivity contribution is 9.10. The molecule has 0 aliphatic carbocycles. The first-order valence-electron chi connectivity index (χ1n) is 6.85. The van der Waals surface area contributed by atoms with Gasteiger partial charge < -0.3 is 10.5 Å². The minimum atomic E-state index is 0.352. The van der Waals surface area contributed by atoms with Crippen molar-refractivity contribution in [1.82, 2.24) is 14.6 Å². The Kier molecular flexibility index (Phi) is 4.38. The summed E-state index contributed by atoms with van der Waals surface area (Å²) < 4.78 is 8.15. The van der Waals surface area contributed by atoms with Crippen LogP contribution >= 0.6 is 15.9 Å². The number of imidazole rings is 1. The number of hydrogen-bond donors (Lipinski definition) is 1. The number of nitrogen functional groups attached to an aromatic ring is 1. The fourth-order valence-electron chi connectivity index (χ4n) is 1.93. The molecule has 0 aliphatic heterocycles. The number of pyridine rings is 1. The Labute approximate surface area is 141 Å². The standard InChI is InChI=1S/C16H14BrN5O/c1-11-10-22(16(18)21-11)20-8-12-3-2-4-14(7-12)23-15-6-5-13(17)9-19-15/h2-10H,1H3,(H2,18,21). The van der Waals surface area contributed by atoms with Crippen molar-refractivity contribution in [3.8, 4) is 11.6 Å². The van der Waals surface area contributed by atoms with Crippen LogP contribution in [0.25, 0.3) is 0 Å². The first kappa shape index (κ1) is 15.2. The Morgan fingerprint density at radius 3 is 2.87 bits per heavy atom. The SMILES string of the molecule is Cc1cn(N=Cc2cccc(Oc3ccc(Br)cn3)c2)c(N)n1. The van der Waals surface area contributed by atoms with E-state index in [1.54, 1.807) is 24.7 Å². The van der Waals surface area contributed by atoms with Gasteiger partial charge in [0.15, 0.2) is 0 Å². The number of aromatic nitrogens is 3. The number of rotatable bonds is 4. The van der Waals surface area contributed by atoms with Crippen LogP contribution in [0.4, 0.5) is 5.95 Å². The molecule has 6 nitrogen and oxygen atoms in total. The van der Waals surface area contributed by atoms with E-state index in [0.29, 0.717) is 17.6 Å². The topological polar surface area (TPSA) is 78.3 Å². The normalized spacial score (nSPS) is 11.0. The van der Waals surface area contributed by atoms with Gasteiger partial charge in [0.25, 0.3) is 0 Å². The summed E-state index contributed by atoms with van der Waals surface area (Å²) in [5.41, 5.74) is 7.45. The molecule has 0 spiro atoms. The number of anilines is 1. The highest BCUT2D eigenvalue weighted by atomic mass is 79.9. The summed E-state index contributed by atoms with van der Waals surface area (Å²) in [6, 6.07) is 11.2. The summed E-state index contributed by atoms with van der Waals surface area (Å²) in [7, 11) is 0. The molecule has 7 heteroatoms. The Morgan fingerprint density at radius 1 is 1.30 bits per heavy atom. The molecule has 2 aromatic heterocycles. The number of benzene rings is 1. The highest BCUT2D eigenvalue weighted by Crippen LogP contribution is 2.21. The summed E-state index contributed by atoms with van der Waals surface area (Å²) in [5.74, 6) is 1.56. The van der Waals surface area contributed by atoms with E-state index in [-0.39, 0.29) is 0 Å². The second-order valence-electron chi connectivity index (χ2n) is 4.82. The molecule has 0 bridgehead atoms. The predicted molar refractivity (Wildman–Crippen MR) is 92.8 cm³/mol. The van der Waals surface area contributed by atoms with E-state index >= 15 is 0 Å². The zero-order valence-electron chi connectivity index (χ0n) is 12.3. The number of nitrogens with zero attached hydrogens (tertiary/aromatic N) is 4. The summed E-state index contributed by atoms with van der Waals surface area (Å²) >= 11 is 3.34. The second-order valence-corrected chi connectivity index (χ2v) is 5.73. The Morgan fingerprint density at radius 2 is 2.17 bits per heavy atom. The monoisotopic (exact) mass is 371 g/mol. The Hall–Kier alpha value is -2.67. The van der Waals surface area contributed by atoms with E-state index in [4.69, 9.17) is 10.5 Å².